The molecule has 0 unspecified atom stereocenters. The monoisotopic (exact) mass is 255 g/mol. The van der Waals surface area contributed by atoms with Crippen LogP contribution < -0.4 is 5.32 Å². The maximum absolute atomic E-state index is 13.5. The van der Waals surface area contributed by atoms with Crippen LogP contribution in [0.15, 0.2) is 42.7 Å². The maximum Gasteiger partial charge on any atom is 0.127 e. The first-order valence-electron chi connectivity index (χ1n) is 6.08. The van der Waals surface area contributed by atoms with Gasteiger partial charge in [0.05, 0.1) is 11.6 Å². The van der Waals surface area contributed by atoms with Crippen LogP contribution in [0.3, 0.4) is 0 Å². The number of hydrogen-bond acceptors (Lipinski definition) is 3. The van der Waals surface area contributed by atoms with E-state index < -0.39 is 0 Å². The highest BCUT2D eigenvalue weighted by Crippen LogP contribution is 2.09. The number of rotatable bonds is 5. The first-order chi connectivity index (χ1) is 9.29. The first kappa shape index (κ1) is 13.2. The number of hydrogen-bond donors (Lipinski definition) is 1. The van der Waals surface area contributed by atoms with Gasteiger partial charge in [0.1, 0.15) is 5.82 Å². The van der Waals surface area contributed by atoms with Crippen LogP contribution >= 0.6 is 0 Å². The molecule has 1 N–H and O–H groups in total. The summed E-state index contributed by atoms with van der Waals surface area (Å²) >= 11 is 0. The molecule has 0 aliphatic rings. The molecule has 2 aromatic rings. The van der Waals surface area contributed by atoms with Crippen LogP contribution in [-0.2, 0) is 13.0 Å². The normalized spacial score (nSPS) is 10.1. The molecule has 4 heteroatoms. The Kier molecular flexibility index (Phi) is 4.60. The SMILES string of the molecule is N#Cc1ccc(F)c(CNCCc2ccncc2)c1. The van der Waals surface area contributed by atoms with Crippen LogP contribution in [-0.4, -0.2) is 11.5 Å². The highest BCUT2D eigenvalue weighted by Gasteiger charge is 2.03. The topological polar surface area (TPSA) is 48.7 Å². The van der Waals surface area contributed by atoms with E-state index in [0.29, 0.717) is 17.7 Å². The minimum absolute atomic E-state index is 0.282. The predicted molar refractivity (Wildman–Crippen MR) is 70.8 cm³/mol. The summed E-state index contributed by atoms with van der Waals surface area (Å²) in [5.74, 6) is -0.282. The Morgan fingerprint density at radius 3 is 2.74 bits per heavy atom. The van der Waals surface area contributed by atoms with Gasteiger partial charge in [0, 0.05) is 24.5 Å². The second kappa shape index (κ2) is 6.62. The van der Waals surface area contributed by atoms with Gasteiger partial charge in [0.2, 0.25) is 0 Å². The molecule has 0 radical (unpaired) electrons. The summed E-state index contributed by atoms with van der Waals surface area (Å²) in [6, 6.07) is 10.3. The van der Waals surface area contributed by atoms with E-state index in [1.54, 1.807) is 18.5 Å². The molecule has 1 aromatic heterocycles. The molecular formula is C15H14FN3. The Labute approximate surface area is 111 Å². The Morgan fingerprint density at radius 1 is 1.21 bits per heavy atom. The first-order valence-corrected chi connectivity index (χ1v) is 6.08. The molecule has 1 heterocycles. The number of nitriles is 1. The standard InChI is InChI=1S/C15H14FN3/c16-15-2-1-13(10-17)9-14(15)11-19-8-5-12-3-6-18-7-4-12/h1-4,6-7,9,19H,5,8,11H2. The van der Waals surface area contributed by atoms with E-state index in [2.05, 4.69) is 10.3 Å². The molecule has 0 spiro atoms. The smallest absolute Gasteiger partial charge is 0.127 e. The summed E-state index contributed by atoms with van der Waals surface area (Å²) in [7, 11) is 0. The van der Waals surface area contributed by atoms with E-state index in [1.165, 1.54) is 17.7 Å². The summed E-state index contributed by atoms with van der Waals surface area (Å²) in [5.41, 5.74) is 2.19. The van der Waals surface area contributed by atoms with Crippen molar-refractivity contribution in [2.45, 2.75) is 13.0 Å². The van der Waals surface area contributed by atoms with Crippen molar-refractivity contribution in [1.29, 1.82) is 5.26 Å². The summed E-state index contributed by atoms with van der Waals surface area (Å²) in [4.78, 5) is 3.95. The van der Waals surface area contributed by atoms with Gasteiger partial charge in [-0.25, -0.2) is 4.39 Å². The third kappa shape index (κ3) is 3.87. The van der Waals surface area contributed by atoms with Crippen LogP contribution in [0.2, 0.25) is 0 Å². The van der Waals surface area contributed by atoms with Crippen molar-refractivity contribution in [3.8, 4) is 6.07 Å². The second-order valence-electron chi connectivity index (χ2n) is 4.20. The molecule has 0 aliphatic heterocycles. The molecule has 3 nitrogen and oxygen atoms in total. The van der Waals surface area contributed by atoms with Crippen LogP contribution in [0, 0.1) is 17.1 Å². The fourth-order valence-electron chi connectivity index (χ4n) is 1.78. The number of benzene rings is 1. The van der Waals surface area contributed by atoms with Crippen molar-refractivity contribution in [1.82, 2.24) is 10.3 Å². The van der Waals surface area contributed by atoms with Gasteiger partial charge in [0.15, 0.2) is 0 Å². The maximum atomic E-state index is 13.5. The summed E-state index contributed by atoms with van der Waals surface area (Å²) in [6.45, 7) is 1.17. The highest BCUT2D eigenvalue weighted by atomic mass is 19.1. The third-order valence-corrected chi connectivity index (χ3v) is 2.83. The second-order valence-corrected chi connectivity index (χ2v) is 4.20. The molecule has 0 aliphatic carbocycles. The Balaban J connectivity index is 1.85. The van der Waals surface area contributed by atoms with E-state index >= 15 is 0 Å². The zero-order valence-electron chi connectivity index (χ0n) is 10.4. The van der Waals surface area contributed by atoms with Crippen molar-refractivity contribution >= 4 is 0 Å². The zero-order valence-corrected chi connectivity index (χ0v) is 10.4. The molecule has 96 valence electrons. The van der Waals surface area contributed by atoms with Gasteiger partial charge < -0.3 is 5.32 Å². The highest BCUT2D eigenvalue weighted by molar-refractivity contribution is 5.33. The molecule has 0 saturated carbocycles. The fourth-order valence-corrected chi connectivity index (χ4v) is 1.78. The molecule has 1 aromatic carbocycles. The van der Waals surface area contributed by atoms with Crippen molar-refractivity contribution in [3.05, 3.63) is 65.2 Å². The molecule has 0 saturated heterocycles. The largest absolute Gasteiger partial charge is 0.312 e. The van der Waals surface area contributed by atoms with Crippen LogP contribution in [0.4, 0.5) is 4.39 Å². The summed E-state index contributed by atoms with van der Waals surface area (Å²) in [6.07, 6.45) is 4.37. The molecular weight excluding hydrogens is 241 g/mol. The van der Waals surface area contributed by atoms with Crippen LogP contribution in [0.5, 0.6) is 0 Å². The number of halogens is 1. The van der Waals surface area contributed by atoms with Gasteiger partial charge >= 0.3 is 0 Å². The predicted octanol–water partition coefficient (Wildman–Crippen LogP) is 2.42. The summed E-state index contributed by atoms with van der Waals surface area (Å²) < 4.78 is 13.5. The molecule has 19 heavy (non-hydrogen) atoms. The Hall–Kier alpha value is -2.25. The third-order valence-electron chi connectivity index (χ3n) is 2.83. The minimum atomic E-state index is -0.282. The number of nitrogens with zero attached hydrogens (tertiary/aromatic N) is 2. The number of pyridine rings is 1. The van der Waals surface area contributed by atoms with Gasteiger partial charge in [-0.05, 0) is 48.9 Å². The lowest BCUT2D eigenvalue weighted by molar-refractivity contribution is 0.588. The van der Waals surface area contributed by atoms with Gasteiger partial charge in [-0.2, -0.15) is 5.26 Å². The molecule has 0 atom stereocenters. The van der Waals surface area contributed by atoms with Gasteiger partial charge in [-0.1, -0.05) is 0 Å². The van der Waals surface area contributed by atoms with Gasteiger partial charge in [0.25, 0.3) is 0 Å². The average molecular weight is 255 g/mol. The quantitative estimate of drug-likeness (QED) is 0.835. The minimum Gasteiger partial charge on any atom is -0.312 e. The lowest BCUT2D eigenvalue weighted by atomic mass is 10.1. The molecule has 2 rings (SSSR count). The van der Waals surface area contributed by atoms with Gasteiger partial charge in [-0.3, -0.25) is 4.98 Å². The molecule has 0 fully saturated rings. The zero-order chi connectivity index (χ0) is 13.5. The fraction of sp³-hybridized carbons (Fsp3) is 0.200. The van der Waals surface area contributed by atoms with E-state index in [9.17, 15) is 4.39 Å². The van der Waals surface area contributed by atoms with Crippen molar-refractivity contribution in [3.63, 3.8) is 0 Å². The van der Waals surface area contributed by atoms with Crippen molar-refractivity contribution in [2.75, 3.05) is 6.54 Å². The van der Waals surface area contributed by atoms with E-state index in [1.807, 2.05) is 18.2 Å². The molecule has 0 bridgehead atoms. The Morgan fingerprint density at radius 2 is 2.00 bits per heavy atom. The average Bonchev–Trinajstić information content (AvgIpc) is 2.46. The number of aromatic nitrogens is 1. The van der Waals surface area contributed by atoms with E-state index in [-0.39, 0.29) is 5.82 Å². The van der Waals surface area contributed by atoms with E-state index in [0.717, 1.165) is 13.0 Å². The van der Waals surface area contributed by atoms with Gasteiger partial charge in [-0.15, -0.1) is 0 Å². The lowest BCUT2D eigenvalue weighted by Crippen LogP contribution is -2.17. The molecule has 0 amide bonds. The van der Waals surface area contributed by atoms with E-state index in [4.69, 9.17) is 5.26 Å². The Bertz CT molecular complexity index is 576. The summed E-state index contributed by atoms with van der Waals surface area (Å²) in [5, 5.41) is 11.9. The van der Waals surface area contributed by atoms with Crippen molar-refractivity contribution in [2.24, 2.45) is 0 Å². The van der Waals surface area contributed by atoms with Crippen LogP contribution in [0.1, 0.15) is 16.7 Å². The lowest BCUT2D eigenvalue weighted by Gasteiger charge is -2.06. The van der Waals surface area contributed by atoms with Crippen LogP contribution in [0.25, 0.3) is 0 Å². The number of nitrogens with one attached hydrogen (secondary N) is 1. The van der Waals surface area contributed by atoms with Crippen molar-refractivity contribution < 1.29 is 4.39 Å².